The lowest BCUT2D eigenvalue weighted by molar-refractivity contribution is -0.160. The maximum absolute atomic E-state index is 12.1. The minimum Gasteiger partial charge on any atom is -0.462 e. The van der Waals surface area contributed by atoms with Gasteiger partial charge in [-0.1, -0.05) is 57.0 Å². The van der Waals surface area contributed by atoms with Gasteiger partial charge in [-0.05, 0) is 18.4 Å². The molecule has 0 unspecified atom stereocenters. The lowest BCUT2D eigenvalue weighted by Gasteiger charge is -2.40. The van der Waals surface area contributed by atoms with Gasteiger partial charge in [0, 0.05) is 0 Å². The number of carbonyl (C=O) groups excluding carboxylic acids is 1. The monoisotopic (exact) mass is 261 g/mol. The molecule has 0 saturated carbocycles. The van der Waals surface area contributed by atoms with Crippen LogP contribution in [-0.4, -0.2) is 18.1 Å². The summed E-state index contributed by atoms with van der Waals surface area (Å²) in [5.74, 6) is -0.0874. The molecule has 2 atom stereocenters. The van der Waals surface area contributed by atoms with Gasteiger partial charge in [0.05, 0.1) is 6.04 Å². The summed E-state index contributed by atoms with van der Waals surface area (Å²) in [5, 5.41) is 3.54. The van der Waals surface area contributed by atoms with Gasteiger partial charge in [-0.2, -0.15) is 0 Å². The topological polar surface area (TPSA) is 38.3 Å². The zero-order valence-corrected chi connectivity index (χ0v) is 11.8. The standard InChI is InChI=1S/C16H23NO2/c1-3-5-11-16(4-2)15(18)19-12-14(17-16)13-9-7-6-8-10-13/h6-10,14,17H,3-5,11-12H2,1-2H3/t14-,16+/m0/s1. The van der Waals surface area contributed by atoms with E-state index >= 15 is 0 Å². The van der Waals surface area contributed by atoms with Gasteiger partial charge in [-0.15, -0.1) is 0 Å². The third kappa shape index (κ3) is 2.98. The second kappa shape index (κ2) is 6.20. The van der Waals surface area contributed by atoms with Gasteiger partial charge in [0.15, 0.2) is 0 Å². The number of carbonyl (C=O) groups is 1. The van der Waals surface area contributed by atoms with Gasteiger partial charge in [0.2, 0.25) is 0 Å². The van der Waals surface area contributed by atoms with Crippen molar-refractivity contribution in [2.24, 2.45) is 0 Å². The molecule has 1 N–H and O–H groups in total. The van der Waals surface area contributed by atoms with Crippen LogP contribution < -0.4 is 5.32 Å². The summed E-state index contributed by atoms with van der Waals surface area (Å²) < 4.78 is 5.45. The predicted molar refractivity (Wildman–Crippen MR) is 75.8 cm³/mol. The van der Waals surface area contributed by atoms with Crippen molar-refractivity contribution in [2.45, 2.75) is 51.1 Å². The van der Waals surface area contributed by atoms with E-state index < -0.39 is 5.54 Å². The minimum atomic E-state index is -0.505. The number of hydrogen-bond donors (Lipinski definition) is 1. The average Bonchev–Trinajstić information content (AvgIpc) is 2.48. The van der Waals surface area contributed by atoms with Crippen LogP contribution in [0.5, 0.6) is 0 Å². The lowest BCUT2D eigenvalue weighted by atomic mass is 9.86. The normalized spacial score (nSPS) is 27.1. The molecular formula is C16H23NO2. The van der Waals surface area contributed by atoms with Gasteiger partial charge in [0.1, 0.15) is 12.1 Å². The predicted octanol–water partition coefficient (Wildman–Crippen LogP) is 3.21. The zero-order chi connectivity index (χ0) is 13.7. The number of rotatable bonds is 5. The van der Waals surface area contributed by atoms with Crippen molar-refractivity contribution in [3.05, 3.63) is 35.9 Å². The van der Waals surface area contributed by atoms with Crippen LogP contribution in [0, 0.1) is 0 Å². The van der Waals surface area contributed by atoms with Crippen molar-refractivity contribution < 1.29 is 9.53 Å². The Labute approximate surface area is 115 Å². The zero-order valence-electron chi connectivity index (χ0n) is 11.8. The highest BCUT2D eigenvalue weighted by molar-refractivity contribution is 5.81. The molecule has 1 fully saturated rings. The van der Waals surface area contributed by atoms with Crippen molar-refractivity contribution in [1.29, 1.82) is 0 Å². The summed E-state index contributed by atoms with van der Waals surface area (Å²) in [6.45, 7) is 4.63. The molecule has 0 spiro atoms. The molecule has 19 heavy (non-hydrogen) atoms. The Balaban J connectivity index is 2.16. The Kier molecular flexibility index (Phi) is 4.59. The first-order valence-electron chi connectivity index (χ1n) is 7.21. The molecular weight excluding hydrogens is 238 g/mol. The number of nitrogens with one attached hydrogen (secondary N) is 1. The highest BCUT2D eigenvalue weighted by Crippen LogP contribution is 2.29. The minimum absolute atomic E-state index is 0.0874. The van der Waals surface area contributed by atoms with Gasteiger partial charge in [-0.3, -0.25) is 10.1 Å². The third-order valence-corrected chi connectivity index (χ3v) is 3.98. The Morgan fingerprint density at radius 3 is 2.68 bits per heavy atom. The quantitative estimate of drug-likeness (QED) is 0.827. The molecule has 1 heterocycles. The van der Waals surface area contributed by atoms with E-state index in [1.807, 2.05) is 18.2 Å². The maximum atomic E-state index is 12.1. The van der Waals surface area contributed by atoms with Crippen molar-refractivity contribution in [3.63, 3.8) is 0 Å². The summed E-state index contributed by atoms with van der Waals surface area (Å²) in [5.41, 5.74) is 0.679. The molecule has 1 aliphatic heterocycles. The summed E-state index contributed by atoms with van der Waals surface area (Å²) >= 11 is 0. The molecule has 1 aromatic rings. The van der Waals surface area contributed by atoms with Gasteiger partial charge >= 0.3 is 5.97 Å². The fourth-order valence-corrected chi connectivity index (χ4v) is 2.67. The smallest absolute Gasteiger partial charge is 0.326 e. The fraction of sp³-hybridized carbons (Fsp3) is 0.562. The summed E-state index contributed by atoms with van der Waals surface area (Å²) in [6, 6.07) is 10.3. The van der Waals surface area contributed by atoms with Crippen LogP contribution >= 0.6 is 0 Å². The molecule has 0 aliphatic carbocycles. The van der Waals surface area contributed by atoms with E-state index in [0.717, 1.165) is 25.7 Å². The van der Waals surface area contributed by atoms with Crippen LogP contribution in [0.25, 0.3) is 0 Å². The van der Waals surface area contributed by atoms with Crippen LogP contribution in [0.15, 0.2) is 30.3 Å². The summed E-state index contributed by atoms with van der Waals surface area (Å²) in [6.07, 6.45) is 3.75. The van der Waals surface area contributed by atoms with Gasteiger partial charge in [-0.25, -0.2) is 0 Å². The first-order valence-corrected chi connectivity index (χ1v) is 7.21. The molecule has 0 amide bonds. The number of hydrogen-bond acceptors (Lipinski definition) is 3. The maximum Gasteiger partial charge on any atom is 0.326 e. The number of unbranched alkanes of at least 4 members (excludes halogenated alkanes) is 1. The highest BCUT2D eigenvalue weighted by atomic mass is 16.5. The van der Waals surface area contributed by atoms with E-state index in [1.165, 1.54) is 5.56 Å². The van der Waals surface area contributed by atoms with Crippen molar-refractivity contribution in [3.8, 4) is 0 Å². The molecule has 0 aromatic heterocycles. The Morgan fingerprint density at radius 2 is 2.05 bits per heavy atom. The average molecular weight is 261 g/mol. The van der Waals surface area contributed by atoms with E-state index in [1.54, 1.807) is 0 Å². The van der Waals surface area contributed by atoms with Gasteiger partial charge < -0.3 is 4.74 Å². The molecule has 104 valence electrons. The van der Waals surface area contributed by atoms with Crippen LogP contribution in [0.2, 0.25) is 0 Å². The van der Waals surface area contributed by atoms with E-state index in [2.05, 4.69) is 31.3 Å². The molecule has 0 bridgehead atoms. The largest absolute Gasteiger partial charge is 0.462 e. The van der Waals surface area contributed by atoms with E-state index in [-0.39, 0.29) is 12.0 Å². The number of ether oxygens (including phenoxy) is 1. The molecule has 2 rings (SSSR count). The summed E-state index contributed by atoms with van der Waals surface area (Å²) in [4.78, 5) is 12.1. The van der Waals surface area contributed by atoms with Crippen LogP contribution in [0.3, 0.4) is 0 Å². The second-order valence-corrected chi connectivity index (χ2v) is 5.25. The van der Waals surface area contributed by atoms with Crippen molar-refractivity contribution >= 4 is 5.97 Å². The van der Waals surface area contributed by atoms with Crippen molar-refractivity contribution in [1.82, 2.24) is 5.32 Å². The number of esters is 1. The molecule has 3 heteroatoms. The molecule has 1 aromatic carbocycles. The van der Waals surface area contributed by atoms with Crippen LogP contribution in [0.1, 0.15) is 51.1 Å². The Morgan fingerprint density at radius 1 is 1.32 bits per heavy atom. The van der Waals surface area contributed by atoms with E-state index in [9.17, 15) is 4.79 Å². The first-order chi connectivity index (χ1) is 9.22. The number of cyclic esters (lactones) is 1. The van der Waals surface area contributed by atoms with Crippen LogP contribution in [0.4, 0.5) is 0 Å². The molecule has 1 saturated heterocycles. The van der Waals surface area contributed by atoms with E-state index in [0.29, 0.717) is 6.61 Å². The van der Waals surface area contributed by atoms with Gasteiger partial charge in [0.25, 0.3) is 0 Å². The second-order valence-electron chi connectivity index (χ2n) is 5.25. The molecule has 3 nitrogen and oxygen atoms in total. The molecule has 0 radical (unpaired) electrons. The Bertz CT molecular complexity index is 418. The Hall–Kier alpha value is -1.35. The number of morpholine rings is 1. The SMILES string of the molecule is CCCC[C@@]1(CC)N[C@H](c2ccccc2)COC1=O. The summed E-state index contributed by atoms with van der Waals surface area (Å²) in [7, 11) is 0. The van der Waals surface area contributed by atoms with Crippen LogP contribution in [-0.2, 0) is 9.53 Å². The first kappa shape index (κ1) is 14.1. The van der Waals surface area contributed by atoms with E-state index in [4.69, 9.17) is 4.74 Å². The lowest BCUT2D eigenvalue weighted by Crippen LogP contribution is -2.58. The highest BCUT2D eigenvalue weighted by Gasteiger charge is 2.43. The number of benzene rings is 1. The third-order valence-electron chi connectivity index (χ3n) is 3.98. The van der Waals surface area contributed by atoms with Crippen molar-refractivity contribution in [2.75, 3.05) is 6.61 Å². The fourth-order valence-electron chi connectivity index (χ4n) is 2.67. The molecule has 1 aliphatic rings.